The van der Waals surface area contributed by atoms with Gasteiger partial charge in [-0.05, 0) is 18.9 Å². The second-order valence-electron chi connectivity index (χ2n) is 5.45. The van der Waals surface area contributed by atoms with Crippen molar-refractivity contribution in [1.82, 2.24) is 10.6 Å². The molecule has 1 aliphatic rings. The Kier molecular flexibility index (Phi) is 9.37. The summed E-state index contributed by atoms with van der Waals surface area (Å²) in [6, 6.07) is 9.71. The predicted molar refractivity (Wildman–Crippen MR) is 93.1 cm³/mol. The number of nitrogens with one attached hydrogen (secondary N) is 2. The molecule has 7 heteroatoms. The molecule has 0 spiro atoms. The van der Waals surface area contributed by atoms with Crippen LogP contribution in [0, 0.1) is 5.92 Å². The lowest BCUT2D eigenvalue weighted by atomic mass is 9.99. The Morgan fingerprint density at radius 3 is 2.75 bits per heavy atom. The number of amides is 1. The van der Waals surface area contributed by atoms with E-state index >= 15 is 0 Å². The van der Waals surface area contributed by atoms with Crippen LogP contribution in [0.1, 0.15) is 12.5 Å². The van der Waals surface area contributed by atoms with Gasteiger partial charge in [0.25, 0.3) is 0 Å². The molecule has 134 valence electrons. The van der Waals surface area contributed by atoms with Gasteiger partial charge in [0.1, 0.15) is 6.10 Å². The molecule has 24 heavy (non-hydrogen) atoms. The van der Waals surface area contributed by atoms with Crippen molar-refractivity contribution < 1.29 is 19.1 Å². The Labute approximate surface area is 148 Å². The summed E-state index contributed by atoms with van der Waals surface area (Å²) in [5, 5.41) is 5.92. The van der Waals surface area contributed by atoms with Gasteiger partial charge in [0, 0.05) is 19.6 Å². The molecule has 1 fully saturated rings. The summed E-state index contributed by atoms with van der Waals surface area (Å²) in [5.41, 5.74) is 1.04. The van der Waals surface area contributed by atoms with Crippen LogP contribution in [0.4, 0.5) is 0 Å². The number of esters is 1. The highest BCUT2D eigenvalue weighted by Gasteiger charge is 2.25. The zero-order valence-corrected chi connectivity index (χ0v) is 14.6. The summed E-state index contributed by atoms with van der Waals surface area (Å²) in [4.78, 5) is 24.2. The van der Waals surface area contributed by atoms with Crippen LogP contribution in [-0.4, -0.2) is 50.8 Å². The summed E-state index contributed by atoms with van der Waals surface area (Å²) < 4.78 is 10.5. The number of rotatable bonds is 7. The first-order valence-corrected chi connectivity index (χ1v) is 8.01. The van der Waals surface area contributed by atoms with Gasteiger partial charge in [0.05, 0.1) is 19.1 Å². The molecule has 1 aromatic carbocycles. The minimum Gasteiger partial charge on any atom is -0.466 e. The van der Waals surface area contributed by atoms with Crippen LogP contribution in [0.15, 0.2) is 30.3 Å². The highest BCUT2D eigenvalue weighted by Crippen LogP contribution is 2.10. The zero-order chi connectivity index (χ0) is 16.5. The molecule has 1 saturated heterocycles. The third-order valence-corrected chi connectivity index (χ3v) is 3.69. The van der Waals surface area contributed by atoms with E-state index in [-0.39, 0.29) is 30.8 Å². The fraction of sp³-hybridized carbons (Fsp3) is 0.529. The first kappa shape index (κ1) is 20.4. The maximum absolute atomic E-state index is 12.1. The molecule has 1 aromatic rings. The number of morpholine rings is 1. The molecule has 0 radical (unpaired) electrons. The molecule has 0 aliphatic carbocycles. The van der Waals surface area contributed by atoms with Crippen LogP contribution >= 0.6 is 12.4 Å². The van der Waals surface area contributed by atoms with Crippen molar-refractivity contribution in [2.75, 3.05) is 32.8 Å². The van der Waals surface area contributed by atoms with Gasteiger partial charge in [-0.2, -0.15) is 0 Å². The number of benzene rings is 1. The molecule has 0 saturated carbocycles. The largest absolute Gasteiger partial charge is 0.466 e. The maximum atomic E-state index is 12.1. The minimum absolute atomic E-state index is 0. The fourth-order valence-corrected chi connectivity index (χ4v) is 2.47. The molecule has 0 bridgehead atoms. The molecular formula is C17H25ClN2O4. The van der Waals surface area contributed by atoms with E-state index in [4.69, 9.17) is 9.47 Å². The summed E-state index contributed by atoms with van der Waals surface area (Å²) in [7, 11) is 0. The lowest BCUT2D eigenvalue weighted by Gasteiger charge is -2.24. The summed E-state index contributed by atoms with van der Waals surface area (Å²) in [6.07, 6.45) is 0.0346. The topological polar surface area (TPSA) is 76.7 Å². The van der Waals surface area contributed by atoms with Crippen LogP contribution < -0.4 is 10.6 Å². The lowest BCUT2D eigenvalue weighted by molar-refractivity contribution is -0.148. The van der Waals surface area contributed by atoms with Crippen molar-refractivity contribution in [3.05, 3.63) is 35.9 Å². The fourth-order valence-electron chi connectivity index (χ4n) is 2.47. The Bertz CT molecular complexity index is 507. The monoisotopic (exact) mass is 356 g/mol. The SMILES string of the molecule is CCOC(=O)C(CNC(=O)C1CNCCO1)Cc1ccccc1.Cl. The second-order valence-corrected chi connectivity index (χ2v) is 5.45. The van der Waals surface area contributed by atoms with Crippen molar-refractivity contribution in [2.24, 2.45) is 5.92 Å². The number of carbonyl (C=O) groups excluding carboxylic acids is 2. The highest BCUT2D eigenvalue weighted by molar-refractivity contribution is 5.85. The van der Waals surface area contributed by atoms with Crippen molar-refractivity contribution in [3.8, 4) is 0 Å². The summed E-state index contributed by atoms with van der Waals surface area (Å²) in [5.74, 6) is -0.892. The molecule has 0 aromatic heterocycles. The van der Waals surface area contributed by atoms with Crippen molar-refractivity contribution in [3.63, 3.8) is 0 Å². The Hall–Kier alpha value is -1.63. The van der Waals surface area contributed by atoms with Crippen LogP contribution in [0.3, 0.4) is 0 Å². The van der Waals surface area contributed by atoms with E-state index in [1.165, 1.54) is 0 Å². The first-order valence-electron chi connectivity index (χ1n) is 8.01. The molecule has 2 unspecified atom stereocenters. The molecule has 6 nitrogen and oxygen atoms in total. The summed E-state index contributed by atoms with van der Waals surface area (Å²) >= 11 is 0. The van der Waals surface area contributed by atoms with Crippen LogP contribution in [0.5, 0.6) is 0 Å². The molecule has 2 N–H and O–H groups in total. The zero-order valence-electron chi connectivity index (χ0n) is 13.8. The van der Waals surface area contributed by atoms with E-state index in [0.717, 1.165) is 12.1 Å². The van der Waals surface area contributed by atoms with Crippen molar-refractivity contribution >= 4 is 24.3 Å². The van der Waals surface area contributed by atoms with Crippen molar-refractivity contribution in [2.45, 2.75) is 19.4 Å². The Morgan fingerprint density at radius 2 is 2.12 bits per heavy atom. The minimum atomic E-state index is -0.497. The van der Waals surface area contributed by atoms with Crippen LogP contribution in [0.25, 0.3) is 0 Å². The second kappa shape index (κ2) is 11.0. The number of hydrogen-bond acceptors (Lipinski definition) is 5. The molecule has 1 amide bonds. The van der Waals surface area contributed by atoms with Gasteiger partial charge in [-0.1, -0.05) is 30.3 Å². The highest BCUT2D eigenvalue weighted by atomic mass is 35.5. The van der Waals surface area contributed by atoms with Gasteiger partial charge >= 0.3 is 5.97 Å². The standard InChI is InChI=1S/C17H24N2O4.ClH/c1-2-22-17(21)14(10-13-6-4-3-5-7-13)11-19-16(20)15-12-18-8-9-23-15;/h3-7,14-15,18H,2,8-12H2,1H3,(H,19,20);1H. The molecule has 2 rings (SSSR count). The number of halogens is 1. The van der Waals surface area contributed by atoms with Gasteiger partial charge in [0.15, 0.2) is 0 Å². The maximum Gasteiger partial charge on any atom is 0.311 e. The van der Waals surface area contributed by atoms with E-state index in [0.29, 0.717) is 26.2 Å². The van der Waals surface area contributed by atoms with E-state index < -0.39 is 12.0 Å². The Balaban J connectivity index is 0.00000288. The molecular weight excluding hydrogens is 332 g/mol. The van der Waals surface area contributed by atoms with Gasteiger partial charge in [-0.3, -0.25) is 9.59 Å². The van der Waals surface area contributed by atoms with Crippen LogP contribution in [-0.2, 0) is 25.5 Å². The quantitative estimate of drug-likeness (QED) is 0.711. The average molecular weight is 357 g/mol. The van der Waals surface area contributed by atoms with E-state index in [1.807, 2.05) is 30.3 Å². The van der Waals surface area contributed by atoms with Gasteiger partial charge in [0.2, 0.25) is 5.91 Å². The normalized spacial score (nSPS) is 18.1. The average Bonchev–Trinajstić information content (AvgIpc) is 2.60. The third-order valence-electron chi connectivity index (χ3n) is 3.69. The number of hydrogen-bond donors (Lipinski definition) is 2. The van der Waals surface area contributed by atoms with Crippen LogP contribution in [0.2, 0.25) is 0 Å². The Morgan fingerprint density at radius 1 is 1.38 bits per heavy atom. The molecule has 1 heterocycles. The van der Waals surface area contributed by atoms with E-state index in [1.54, 1.807) is 6.92 Å². The van der Waals surface area contributed by atoms with Gasteiger partial charge in [-0.15, -0.1) is 12.4 Å². The van der Waals surface area contributed by atoms with Crippen molar-refractivity contribution in [1.29, 1.82) is 0 Å². The number of carbonyl (C=O) groups is 2. The first-order chi connectivity index (χ1) is 11.2. The van der Waals surface area contributed by atoms with E-state index in [2.05, 4.69) is 10.6 Å². The lowest BCUT2D eigenvalue weighted by Crippen LogP contribution is -2.49. The van der Waals surface area contributed by atoms with E-state index in [9.17, 15) is 9.59 Å². The third kappa shape index (κ3) is 6.47. The smallest absolute Gasteiger partial charge is 0.311 e. The summed E-state index contributed by atoms with van der Waals surface area (Å²) in [6.45, 7) is 4.11. The number of ether oxygens (including phenoxy) is 2. The van der Waals surface area contributed by atoms with Gasteiger partial charge < -0.3 is 20.1 Å². The molecule has 1 aliphatic heterocycles. The predicted octanol–water partition coefficient (Wildman–Crippen LogP) is 0.935. The van der Waals surface area contributed by atoms with Gasteiger partial charge in [-0.25, -0.2) is 0 Å². The molecule has 2 atom stereocenters.